The molecule has 0 unspecified atom stereocenters. The molecule has 276 valence electrons. The molecular weight excluding hydrogens is 748 g/mol. The van der Waals surface area contributed by atoms with E-state index in [9.17, 15) is 0 Å². The molecule has 0 aliphatic carbocycles. The Morgan fingerprint density at radius 1 is 0.906 bits per heavy atom. The summed E-state index contributed by atoms with van der Waals surface area (Å²) in [5.41, 5.74) is 3.13. The molecule has 0 N–H and O–H groups in total. The third-order valence-electron chi connectivity index (χ3n) is 9.88. The van der Waals surface area contributed by atoms with Crippen LogP contribution in [0.2, 0.25) is 0 Å². The van der Waals surface area contributed by atoms with Crippen LogP contribution in [-0.4, -0.2) is 88.4 Å². The van der Waals surface area contributed by atoms with Crippen LogP contribution in [0.4, 0.5) is 5.82 Å². The Hall–Kier alpha value is -3.49. The number of methoxy groups -OCH3 is 2. The van der Waals surface area contributed by atoms with E-state index in [2.05, 4.69) is 58.3 Å². The van der Waals surface area contributed by atoms with Gasteiger partial charge in [-0.1, -0.05) is 77.4 Å². The number of imidazole rings is 1. The number of nitrogens with zero attached hydrogens (tertiary/aromatic N) is 6. The van der Waals surface area contributed by atoms with Crippen molar-refractivity contribution in [2.24, 2.45) is 4.99 Å². The number of hydrogen-bond donors (Lipinski definition) is 0. The van der Waals surface area contributed by atoms with Gasteiger partial charge in [0.05, 0.1) is 33.3 Å². The minimum absolute atomic E-state index is 0.214. The largest absolute Gasteiger partial charge is 0.497 e. The summed E-state index contributed by atoms with van der Waals surface area (Å²) in [6, 6.07) is 26.3. The van der Waals surface area contributed by atoms with Crippen LogP contribution in [0, 0.1) is 0 Å². The molecule has 5 aromatic rings. The van der Waals surface area contributed by atoms with Crippen LogP contribution in [0.25, 0.3) is 11.2 Å². The molecule has 3 aliphatic rings. The summed E-state index contributed by atoms with van der Waals surface area (Å²) in [4.78, 5) is 20.9. The highest BCUT2D eigenvalue weighted by atomic mass is 33.2. The van der Waals surface area contributed by atoms with Crippen LogP contribution < -0.4 is 9.47 Å². The molecule has 15 heteroatoms. The van der Waals surface area contributed by atoms with Crippen molar-refractivity contribution in [3.8, 4) is 11.5 Å². The van der Waals surface area contributed by atoms with Gasteiger partial charge in [-0.2, -0.15) is 0 Å². The summed E-state index contributed by atoms with van der Waals surface area (Å²) >= 11 is 9.66. The average Bonchev–Trinajstić information content (AvgIpc) is 4.01. The number of hydrogen-bond acceptors (Lipinski definition) is 12. The van der Waals surface area contributed by atoms with E-state index >= 15 is 0 Å². The topological polar surface area (TPSA) is 105 Å². The number of amidine groups is 1. The van der Waals surface area contributed by atoms with Crippen molar-refractivity contribution in [3.05, 3.63) is 108 Å². The standard InChI is InChI=1S/C38H41N6O5PS3/c1-43-19-7-10-33(43)42-36-35-37(40-24-39-36)44(25-41-35)34-22-31(49-50(51)52-20-21-53-50)32(48-34)23-47-38(26-8-5-4-6-9-26,27-11-15-29(45-2)16-12-27)28-13-17-30(46-3)18-14-28/h4-6,8-9,11-18,24-25,31-32,34H,7,10,19-23H2,1-3H3/b42-33+/t31-,32+,34+/m0/s1. The lowest BCUT2D eigenvalue weighted by molar-refractivity contribution is -0.0891. The zero-order valence-electron chi connectivity index (χ0n) is 29.7. The van der Waals surface area contributed by atoms with Crippen LogP contribution in [-0.2, 0) is 31.4 Å². The third kappa shape index (κ3) is 7.35. The number of benzene rings is 3. The molecule has 3 saturated heterocycles. The molecule has 53 heavy (non-hydrogen) atoms. The first kappa shape index (κ1) is 36.5. The zero-order chi connectivity index (χ0) is 36.4. The molecule has 0 spiro atoms. The molecule has 3 aromatic carbocycles. The minimum atomic E-state index is -2.17. The smallest absolute Gasteiger partial charge is 0.185 e. The van der Waals surface area contributed by atoms with Gasteiger partial charge in [-0.15, -0.1) is 0 Å². The molecule has 3 aliphatic heterocycles. The van der Waals surface area contributed by atoms with E-state index in [1.165, 1.54) is 0 Å². The number of aromatic nitrogens is 4. The van der Waals surface area contributed by atoms with Crippen LogP contribution in [0.15, 0.2) is 96.5 Å². The van der Waals surface area contributed by atoms with E-state index in [4.69, 9.17) is 45.3 Å². The van der Waals surface area contributed by atoms with Crippen molar-refractivity contribution in [2.45, 2.75) is 43.3 Å². The van der Waals surface area contributed by atoms with Gasteiger partial charge >= 0.3 is 0 Å². The summed E-state index contributed by atoms with van der Waals surface area (Å²) < 4.78 is 32.0. The van der Waals surface area contributed by atoms with Gasteiger partial charge in [0.25, 0.3) is 0 Å². The van der Waals surface area contributed by atoms with Gasteiger partial charge in [0, 0.05) is 37.9 Å². The molecule has 0 saturated carbocycles. The first-order valence-electron chi connectivity index (χ1n) is 17.6. The second-order valence-corrected chi connectivity index (χ2v) is 23.7. The Bertz CT molecular complexity index is 2060. The molecule has 3 fully saturated rings. The van der Waals surface area contributed by atoms with Crippen molar-refractivity contribution < 1.29 is 23.5 Å². The van der Waals surface area contributed by atoms with Gasteiger partial charge in [-0.05, 0) is 59.2 Å². The summed E-state index contributed by atoms with van der Waals surface area (Å²) in [6.07, 6.45) is 4.66. The SMILES string of the molecule is COc1ccc(C(OC[C@H]2O[C@@H](n3cnc4c(/N=C5\CCCN5C)ncnc43)C[C@@H]2OP2(=S)SCCS2)(c2ccccc2)c2ccc(OC)cc2)cc1. The number of aliphatic imine (C=N–C) groups is 1. The second kappa shape index (κ2) is 15.7. The molecule has 5 heterocycles. The van der Waals surface area contributed by atoms with Crippen LogP contribution in [0.5, 0.6) is 11.5 Å². The lowest BCUT2D eigenvalue weighted by atomic mass is 9.80. The first-order chi connectivity index (χ1) is 25.9. The lowest BCUT2D eigenvalue weighted by Crippen LogP contribution is -2.38. The van der Waals surface area contributed by atoms with E-state index in [1.807, 2.05) is 47.0 Å². The van der Waals surface area contributed by atoms with Crippen molar-refractivity contribution in [1.29, 1.82) is 0 Å². The maximum Gasteiger partial charge on any atom is 0.185 e. The fourth-order valence-corrected chi connectivity index (χ4v) is 16.6. The Morgan fingerprint density at radius 3 is 2.19 bits per heavy atom. The Balaban J connectivity index is 1.17. The maximum atomic E-state index is 7.31. The number of ether oxygens (including phenoxy) is 4. The minimum Gasteiger partial charge on any atom is -0.497 e. The molecular formula is C38H41N6O5PS3. The Labute approximate surface area is 322 Å². The average molecular weight is 789 g/mol. The van der Waals surface area contributed by atoms with E-state index in [0.29, 0.717) is 23.4 Å². The highest BCUT2D eigenvalue weighted by Crippen LogP contribution is 2.75. The van der Waals surface area contributed by atoms with Gasteiger partial charge in [-0.25, -0.2) is 19.9 Å². The first-order valence-corrected chi connectivity index (χ1v) is 23.5. The Morgan fingerprint density at radius 2 is 1.57 bits per heavy atom. The molecule has 3 atom stereocenters. The van der Waals surface area contributed by atoms with Crippen LogP contribution in [0.1, 0.15) is 42.2 Å². The number of rotatable bonds is 12. The maximum absolute atomic E-state index is 7.31. The molecule has 0 radical (unpaired) electrons. The highest BCUT2D eigenvalue weighted by molar-refractivity contribution is 9.00. The normalized spacial score (nSPS) is 22.2. The zero-order valence-corrected chi connectivity index (χ0v) is 33.1. The van der Waals surface area contributed by atoms with E-state index in [0.717, 1.165) is 64.9 Å². The summed E-state index contributed by atoms with van der Waals surface area (Å²) in [5.74, 6) is 5.04. The predicted octanol–water partition coefficient (Wildman–Crippen LogP) is 7.99. The molecule has 0 bridgehead atoms. The molecule has 0 amide bonds. The molecule has 11 nitrogen and oxygen atoms in total. The summed E-state index contributed by atoms with van der Waals surface area (Å²) in [7, 11) is 5.39. The van der Waals surface area contributed by atoms with Crippen molar-refractivity contribution in [1.82, 2.24) is 24.4 Å². The van der Waals surface area contributed by atoms with E-state index < -0.39 is 22.6 Å². The number of likely N-dealkylation sites (tertiary alicyclic amines) is 1. The van der Waals surface area contributed by atoms with Gasteiger partial charge in [0.2, 0.25) is 0 Å². The van der Waals surface area contributed by atoms with E-state index in [1.54, 1.807) is 49.6 Å². The molecule has 8 rings (SSSR count). The monoisotopic (exact) mass is 788 g/mol. The van der Waals surface area contributed by atoms with E-state index in [-0.39, 0.29) is 12.7 Å². The van der Waals surface area contributed by atoms with Crippen molar-refractivity contribution >= 4 is 62.1 Å². The van der Waals surface area contributed by atoms with Gasteiger partial charge in [0.1, 0.15) is 41.6 Å². The molecule has 2 aromatic heterocycles. The predicted molar refractivity (Wildman–Crippen MR) is 215 cm³/mol. The number of fused-ring (bicyclic) bond motifs is 1. The second-order valence-electron chi connectivity index (χ2n) is 13.0. The highest BCUT2D eigenvalue weighted by Gasteiger charge is 2.45. The van der Waals surface area contributed by atoms with Crippen LogP contribution in [0.3, 0.4) is 0 Å². The third-order valence-corrected chi connectivity index (χ3v) is 19.6. The van der Waals surface area contributed by atoms with Gasteiger partial charge in [-0.3, -0.25) is 4.57 Å². The van der Waals surface area contributed by atoms with Crippen LogP contribution >= 0.6 is 27.4 Å². The summed E-state index contributed by atoms with van der Waals surface area (Å²) in [5, 5.41) is 0. The fourth-order valence-electron chi connectivity index (χ4n) is 7.17. The van der Waals surface area contributed by atoms with Gasteiger partial charge in [0.15, 0.2) is 21.7 Å². The lowest BCUT2D eigenvalue weighted by Gasteiger charge is -2.37. The van der Waals surface area contributed by atoms with Crippen molar-refractivity contribution in [3.63, 3.8) is 0 Å². The quantitative estimate of drug-likeness (QED) is 0.0905. The summed E-state index contributed by atoms with van der Waals surface area (Å²) in [6.45, 7) is 1.19. The fraction of sp³-hybridized carbons (Fsp3) is 0.368. The Kier molecular flexibility index (Phi) is 10.8. The van der Waals surface area contributed by atoms with Crippen molar-refractivity contribution in [2.75, 3.05) is 45.9 Å². The van der Waals surface area contributed by atoms with Gasteiger partial charge < -0.3 is 28.4 Å².